The van der Waals surface area contributed by atoms with E-state index in [1.165, 1.54) is 0 Å². The molecule has 3 saturated heterocycles. The first-order valence-corrected chi connectivity index (χ1v) is 13.6. The fourth-order valence-electron chi connectivity index (χ4n) is 5.13. The van der Waals surface area contributed by atoms with Gasteiger partial charge in [0.15, 0.2) is 24.6 Å². The highest BCUT2D eigenvalue weighted by molar-refractivity contribution is 5.68. The molecule has 44 heavy (non-hydrogen) atoms. The highest BCUT2D eigenvalue weighted by Gasteiger charge is 2.58. The van der Waals surface area contributed by atoms with Crippen molar-refractivity contribution < 1.29 is 66.9 Å². The van der Waals surface area contributed by atoms with E-state index >= 15 is 0 Å². The molecule has 0 aromatic heterocycles. The normalized spacial score (nSPS) is 34.8. The maximum atomic E-state index is 12.2. The molecule has 10 atom stereocenters. The van der Waals surface area contributed by atoms with Crippen molar-refractivity contribution in [3.05, 3.63) is 46.3 Å². The minimum atomic E-state index is -2.29. The van der Waals surface area contributed by atoms with Crippen LogP contribution in [0.5, 0.6) is 0 Å². The zero-order valence-electron chi connectivity index (χ0n) is 24.3. The van der Waals surface area contributed by atoms with Crippen molar-refractivity contribution in [2.45, 2.75) is 95.3 Å². The molecule has 3 fully saturated rings. The summed E-state index contributed by atoms with van der Waals surface area (Å²) in [6.07, 6.45) is -12.2. The highest BCUT2D eigenvalue weighted by Crippen LogP contribution is 2.41. The maximum Gasteiger partial charge on any atom is 0.303 e. The summed E-state index contributed by atoms with van der Waals surface area (Å²) in [6, 6.07) is 9.01. The predicted molar refractivity (Wildman–Crippen MR) is 140 cm³/mol. The Balaban J connectivity index is 1.65. The monoisotopic (exact) mass is 623 g/mol. The number of carbonyl (C=O) groups is 4. The van der Waals surface area contributed by atoms with E-state index < -0.39 is 98.1 Å². The molecule has 17 heteroatoms. The third kappa shape index (κ3) is 8.00. The van der Waals surface area contributed by atoms with Gasteiger partial charge >= 0.3 is 23.9 Å². The van der Waals surface area contributed by atoms with Gasteiger partial charge in [-0.2, -0.15) is 0 Å². The molecule has 0 aliphatic carbocycles. The maximum absolute atomic E-state index is 12.2. The summed E-state index contributed by atoms with van der Waals surface area (Å²) in [4.78, 5) is 50.7. The molecule has 1 aromatic carbocycles. The first-order valence-electron chi connectivity index (χ1n) is 13.6. The van der Waals surface area contributed by atoms with E-state index in [2.05, 4.69) is 10.0 Å². The highest BCUT2D eigenvalue weighted by atomic mass is 16.8. The van der Waals surface area contributed by atoms with E-state index in [9.17, 15) is 29.8 Å². The Hall–Kier alpha value is -3.83. The predicted octanol–water partition coefficient (Wildman–Crippen LogP) is 1.31. The van der Waals surface area contributed by atoms with Gasteiger partial charge in [0, 0.05) is 44.6 Å². The van der Waals surface area contributed by atoms with E-state index in [0.29, 0.717) is 5.56 Å². The summed E-state index contributed by atoms with van der Waals surface area (Å²) < 4.78 is 50.9. The largest absolute Gasteiger partial charge is 0.463 e. The summed E-state index contributed by atoms with van der Waals surface area (Å²) in [5, 5.41) is 14.8. The van der Waals surface area contributed by atoms with Gasteiger partial charge in [-0.25, -0.2) is 0 Å². The SMILES string of the molecule is CC(=O)OC[C@H]1O[C@@H](O[C@@]2(N=[N+]=[N-])C[C@@H](O)[C@@H]3OC(c4ccccc4)OC[C@H]3O2)[C@H](OC(C)=O)[C@@H](OC(C)=O)[C@H]1OC(C)=O. The smallest absolute Gasteiger partial charge is 0.303 e. The van der Waals surface area contributed by atoms with Gasteiger partial charge in [-0.15, -0.1) is 0 Å². The van der Waals surface area contributed by atoms with Gasteiger partial charge in [0.1, 0.15) is 24.9 Å². The van der Waals surface area contributed by atoms with Gasteiger partial charge in [0.25, 0.3) is 5.91 Å². The Morgan fingerprint density at radius 2 is 1.59 bits per heavy atom. The van der Waals surface area contributed by atoms with Gasteiger partial charge in [-0.3, -0.25) is 19.2 Å². The summed E-state index contributed by atoms with van der Waals surface area (Å²) in [5.74, 6) is -5.53. The number of ether oxygens (including phenoxy) is 9. The third-order valence-corrected chi connectivity index (χ3v) is 6.76. The second-order valence-electron chi connectivity index (χ2n) is 10.2. The molecule has 17 nitrogen and oxygen atoms in total. The van der Waals surface area contributed by atoms with Crippen LogP contribution in [0.15, 0.2) is 35.4 Å². The first kappa shape index (κ1) is 33.1. The molecule has 0 amide bonds. The van der Waals surface area contributed by atoms with Crippen LogP contribution < -0.4 is 0 Å². The molecule has 3 aliphatic rings. The van der Waals surface area contributed by atoms with Crippen LogP contribution in [-0.2, 0) is 61.8 Å². The summed E-state index contributed by atoms with van der Waals surface area (Å²) >= 11 is 0. The van der Waals surface area contributed by atoms with Crippen LogP contribution in [0.25, 0.3) is 10.4 Å². The van der Waals surface area contributed by atoms with Crippen molar-refractivity contribution in [2.24, 2.45) is 5.11 Å². The second-order valence-corrected chi connectivity index (χ2v) is 10.2. The van der Waals surface area contributed by atoms with Crippen molar-refractivity contribution in [1.82, 2.24) is 0 Å². The molecule has 240 valence electrons. The number of rotatable bonds is 9. The number of benzene rings is 1. The van der Waals surface area contributed by atoms with Crippen molar-refractivity contribution in [3.63, 3.8) is 0 Å². The molecule has 0 saturated carbocycles. The number of aliphatic hydroxyl groups excluding tert-OH is 1. The van der Waals surface area contributed by atoms with Crippen LogP contribution in [0.1, 0.15) is 46.0 Å². The zero-order chi connectivity index (χ0) is 32.0. The van der Waals surface area contributed by atoms with Gasteiger partial charge in [-0.1, -0.05) is 30.3 Å². The number of fused-ring (bicyclic) bond motifs is 1. The lowest BCUT2D eigenvalue weighted by molar-refractivity contribution is -0.416. The molecule has 4 rings (SSSR count). The molecule has 1 unspecified atom stereocenters. The van der Waals surface area contributed by atoms with Gasteiger partial charge in [0.2, 0.25) is 6.29 Å². The lowest BCUT2D eigenvalue weighted by Gasteiger charge is -2.50. The Bertz CT molecular complexity index is 1260. The zero-order valence-corrected chi connectivity index (χ0v) is 24.3. The third-order valence-electron chi connectivity index (χ3n) is 6.76. The van der Waals surface area contributed by atoms with Gasteiger partial charge < -0.3 is 47.7 Å². The molecule has 3 heterocycles. The molecule has 0 spiro atoms. The number of carbonyl (C=O) groups excluding carboxylic acids is 4. The Morgan fingerprint density at radius 3 is 2.20 bits per heavy atom. The molecular formula is C27H33N3O14. The standard InChI is InChI=1S/C27H33N3O14/c1-13(31)36-11-19-22(38-14(2)32)23(39-15(3)33)24(40-16(4)34)26(41-19)44-27(29-30-28)10-18(35)21-20(43-27)12-37-25(42-21)17-8-6-5-7-9-17/h5-9,18-26,35H,10-12H2,1-4H3/t18-,19-,20-,21+,22+,23+,24-,25?,26+,27-/m1/s1. The number of aliphatic hydroxyl groups is 1. The van der Waals surface area contributed by atoms with Crippen LogP contribution in [0.4, 0.5) is 0 Å². The second kappa shape index (κ2) is 14.3. The Morgan fingerprint density at radius 1 is 0.955 bits per heavy atom. The minimum Gasteiger partial charge on any atom is -0.463 e. The van der Waals surface area contributed by atoms with Crippen molar-refractivity contribution in [2.75, 3.05) is 13.2 Å². The average molecular weight is 624 g/mol. The fourth-order valence-corrected chi connectivity index (χ4v) is 5.13. The fraction of sp³-hybridized carbons (Fsp3) is 0.630. The number of hydrogen-bond acceptors (Lipinski definition) is 15. The van der Waals surface area contributed by atoms with Crippen LogP contribution in [0, 0.1) is 0 Å². The number of nitrogens with zero attached hydrogens (tertiary/aromatic N) is 3. The van der Waals surface area contributed by atoms with E-state index in [1.54, 1.807) is 24.3 Å². The van der Waals surface area contributed by atoms with Gasteiger partial charge in [0.05, 0.1) is 12.7 Å². The molecular weight excluding hydrogens is 590 g/mol. The van der Waals surface area contributed by atoms with E-state index in [-0.39, 0.29) is 6.61 Å². The van der Waals surface area contributed by atoms with Crippen LogP contribution in [-0.4, -0.2) is 97.1 Å². The molecule has 0 radical (unpaired) electrons. The number of azide groups is 1. The molecule has 0 bridgehead atoms. The lowest BCUT2D eigenvalue weighted by Crippen LogP contribution is -2.66. The van der Waals surface area contributed by atoms with Crippen LogP contribution in [0.3, 0.4) is 0 Å². The first-order chi connectivity index (χ1) is 20.9. The van der Waals surface area contributed by atoms with Crippen LogP contribution in [0.2, 0.25) is 0 Å². The lowest BCUT2D eigenvalue weighted by atomic mass is 9.96. The van der Waals surface area contributed by atoms with Crippen LogP contribution >= 0.6 is 0 Å². The molecule has 3 aliphatic heterocycles. The summed E-state index contributed by atoms with van der Waals surface area (Å²) in [6.45, 7) is 3.72. The quantitative estimate of drug-likeness (QED) is 0.135. The topological polar surface area (TPSA) is 220 Å². The summed E-state index contributed by atoms with van der Waals surface area (Å²) in [7, 11) is 0. The number of hydrogen-bond donors (Lipinski definition) is 1. The van der Waals surface area contributed by atoms with E-state index in [0.717, 1.165) is 27.7 Å². The Kier molecular flexibility index (Phi) is 10.7. The van der Waals surface area contributed by atoms with Gasteiger partial charge in [-0.05, 0) is 10.6 Å². The minimum absolute atomic E-state index is 0.105. The average Bonchev–Trinajstić information content (AvgIpc) is 2.95. The summed E-state index contributed by atoms with van der Waals surface area (Å²) in [5.41, 5.74) is 10.2. The van der Waals surface area contributed by atoms with Crippen molar-refractivity contribution in [3.8, 4) is 0 Å². The molecule has 1 N–H and O–H groups in total. The van der Waals surface area contributed by atoms with E-state index in [1.807, 2.05) is 6.07 Å². The van der Waals surface area contributed by atoms with E-state index in [4.69, 9.17) is 42.6 Å². The van der Waals surface area contributed by atoms with Crippen molar-refractivity contribution in [1.29, 1.82) is 0 Å². The molecule has 1 aromatic rings. The Labute approximate surface area is 251 Å². The number of esters is 4. The van der Waals surface area contributed by atoms with Crippen molar-refractivity contribution >= 4 is 23.9 Å².